The van der Waals surface area contributed by atoms with Gasteiger partial charge in [-0.2, -0.15) is 29.5 Å². The number of nitrogens with two attached hydrogens (primary N) is 1. The predicted molar refractivity (Wildman–Crippen MR) is 84.6 cm³/mol. The zero-order chi connectivity index (χ0) is 17.9. The Labute approximate surface area is 143 Å². The van der Waals surface area contributed by atoms with E-state index in [4.69, 9.17) is 15.1 Å². The van der Waals surface area contributed by atoms with Crippen molar-refractivity contribution >= 4 is 17.2 Å². The lowest BCUT2D eigenvalue weighted by atomic mass is 10.1. The van der Waals surface area contributed by atoms with Crippen molar-refractivity contribution in [3.63, 3.8) is 0 Å². The van der Waals surface area contributed by atoms with Gasteiger partial charge in [-0.05, 0) is 23.6 Å². The lowest BCUT2D eigenvalue weighted by Gasteiger charge is -2.07. The number of aromatic nitrogens is 2. The normalized spacial score (nSPS) is 12.4. The Morgan fingerprint density at radius 3 is 2.64 bits per heavy atom. The Morgan fingerprint density at radius 1 is 1.24 bits per heavy atom. The van der Waals surface area contributed by atoms with Crippen LogP contribution in [0.3, 0.4) is 0 Å². The summed E-state index contributed by atoms with van der Waals surface area (Å²) < 4.78 is 42.6. The summed E-state index contributed by atoms with van der Waals surface area (Å²) >= 11 is 1.50. The Hall–Kier alpha value is -2.88. The van der Waals surface area contributed by atoms with E-state index in [2.05, 4.69) is 15.3 Å². The van der Waals surface area contributed by atoms with Gasteiger partial charge in [-0.1, -0.05) is 22.4 Å². The van der Waals surface area contributed by atoms with Crippen LogP contribution in [0.15, 0.2) is 50.8 Å². The molecule has 2 N–H and O–H groups in total. The summed E-state index contributed by atoms with van der Waals surface area (Å²) in [4.78, 5) is 9.15. The third-order valence-corrected chi connectivity index (χ3v) is 3.78. The van der Waals surface area contributed by atoms with E-state index in [0.717, 1.165) is 17.7 Å². The molecule has 0 bridgehead atoms. The van der Waals surface area contributed by atoms with E-state index in [1.54, 1.807) is 0 Å². The summed E-state index contributed by atoms with van der Waals surface area (Å²) in [6.45, 7) is -0.0883. The molecule has 0 aliphatic heterocycles. The molecule has 10 heteroatoms. The van der Waals surface area contributed by atoms with Crippen molar-refractivity contribution in [2.45, 2.75) is 12.8 Å². The highest BCUT2D eigenvalue weighted by Gasteiger charge is 2.30. The summed E-state index contributed by atoms with van der Waals surface area (Å²) in [5.41, 5.74) is 6.02. The average molecular weight is 368 g/mol. The van der Waals surface area contributed by atoms with E-state index in [1.807, 2.05) is 16.8 Å². The van der Waals surface area contributed by atoms with Crippen LogP contribution in [0.2, 0.25) is 0 Å². The molecule has 0 amide bonds. The zero-order valence-corrected chi connectivity index (χ0v) is 13.3. The van der Waals surface area contributed by atoms with Crippen LogP contribution < -0.4 is 5.73 Å². The van der Waals surface area contributed by atoms with Crippen LogP contribution in [0.1, 0.15) is 17.0 Å². The minimum absolute atomic E-state index is 0.0599. The molecule has 130 valence electrons. The first-order chi connectivity index (χ1) is 11.9. The number of benzene rings is 1. The van der Waals surface area contributed by atoms with Crippen molar-refractivity contribution in [1.29, 1.82) is 0 Å². The quantitative estimate of drug-likeness (QED) is 0.422. The molecule has 6 nitrogen and oxygen atoms in total. The SMILES string of the molecule is N/C(=N/OCc1noc(-c2ccsc2)n1)c1ccc(C(F)(F)F)cc1. The number of hydrogen-bond acceptors (Lipinski definition) is 6. The van der Waals surface area contributed by atoms with Crippen LogP contribution in [0.25, 0.3) is 11.5 Å². The van der Waals surface area contributed by atoms with Gasteiger partial charge in [0.25, 0.3) is 5.89 Å². The minimum atomic E-state index is -4.40. The molecule has 0 unspecified atom stereocenters. The molecular weight excluding hydrogens is 357 g/mol. The Morgan fingerprint density at radius 2 is 2.00 bits per heavy atom. The lowest BCUT2D eigenvalue weighted by molar-refractivity contribution is -0.137. The summed E-state index contributed by atoms with van der Waals surface area (Å²) in [6.07, 6.45) is -4.40. The molecule has 3 aromatic rings. The Balaban J connectivity index is 1.60. The van der Waals surface area contributed by atoms with Crippen LogP contribution in [0, 0.1) is 0 Å². The summed E-state index contributed by atoms with van der Waals surface area (Å²) in [5, 5.41) is 11.1. The number of alkyl halides is 3. The molecule has 1 aromatic carbocycles. The topological polar surface area (TPSA) is 86.5 Å². The molecule has 25 heavy (non-hydrogen) atoms. The highest BCUT2D eigenvalue weighted by Crippen LogP contribution is 2.29. The maximum absolute atomic E-state index is 12.5. The molecular formula is C15H11F3N4O2S. The molecule has 0 radical (unpaired) electrons. The van der Waals surface area contributed by atoms with Crippen LogP contribution >= 0.6 is 11.3 Å². The monoisotopic (exact) mass is 368 g/mol. The fourth-order valence-corrected chi connectivity index (χ4v) is 2.49. The maximum atomic E-state index is 12.5. The largest absolute Gasteiger partial charge is 0.416 e. The van der Waals surface area contributed by atoms with Gasteiger partial charge in [0.05, 0.1) is 11.1 Å². The molecule has 0 fully saturated rings. The van der Waals surface area contributed by atoms with Gasteiger partial charge in [-0.15, -0.1) is 0 Å². The second-order valence-corrected chi connectivity index (χ2v) is 5.63. The Bertz CT molecular complexity index is 858. The fourth-order valence-electron chi connectivity index (χ4n) is 1.86. The van der Waals surface area contributed by atoms with Crippen LogP contribution in [-0.2, 0) is 17.6 Å². The lowest BCUT2D eigenvalue weighted by Crippen LogP contribution is -2.14. The number of rotatable bonds is 5. The molecule has 2 aromatic heterocycles. The van der Waals surface area contributed by atoms with E-state index >= 15 is 0 Å². The van der Waals surface area contributed by atoms with E-state index in [1.165, 1.54) is 23.5 Å². The second-order valence-electron chi connectivity index (χ2n) is 4.85. The van der Waals surface area contributed by atoms with Gasteiger partial charge >= 0.3 is 6.18 Å². The first kappa shape index (κ1) is 17.0. The Kier molecular flexibility index (Phi) is 4.70. The standard InChI is InChI=1S/C15H11F3N4O2S/c16-15(17,18)11-3-1-9(2-4-11)13(19)22-23-7-12-20-14(24-21-12)10-5-6-25-8-10/h1-6,8H,7H2,(H2,19,22). The van der Waals surface area contributed by atoms with Crippen molar-refractivity contribution in [2.75, 3.05) is 0 Å². The maximum Gasteiger partial charge on any atom is 0.416 e. The predicted octanol–water partition coefficient (Wildman–Crippen LogP) is 3.65. The minimum Gasteiger partial charge on any atom is -0.386 e. The average Bonchev–Trinajstić information content (AvgIpc) is 3.25. The van der Waals surface area contributed by atoms with Crippen LogP contribution in [-0.4, -0.2) is 16.0 Å². The number of amidine groups is 1. The van der Waals surface area contributed by atoms with Crippen molar-refractivity contribution in [1.82, 2.24) is 10.1 Å². The first-order valence-electron chi connectivity index (χ1n) is 6.92. The third kappa shape index (κ3) is 4.15. The second kappa shape index (κ2) is 6.93. The fraction of sp³-hybridized carbons (Fsp3) is 0.133. The summed E-state index contributed by atoms with van der Waals surface area (Å²) in [6, 6.07) is 6.11. The number of oxime groups is 1. The molecule has 0 aliphatic rings. The molecule has 0 spiro atoms. The van der Waals surface area contributed by atoms with Crippen LogP contribution in [0.5, 0.6) is 0 Å². The number of halogens is 3. The number of nitrogens with zero attached hydrogens (tertiary/aromatic N) is 3. The van der Waals surface area contributed by atoms with Crippen molar-refractivity contribution in [3.8, 4) is 11.5 Å². The van der Waals surface area contributed by atoms with Crippen LogP contribution in [0.4, 0.5) is 13.2 Å². The number of thiophene rings is 1. The van der Waals surface area contributed by atoms with Gasteiger partial charge in [-0.3, -0.25) is 0 Å². The third-order valence-electron chi connectivity index (χ3n) is 3.10. The van der Waals surface area contributed by atoms with Gasteiger partial charge < -0.3 is 15.1 Å². The van der Waals surface area contributed by atoms with E-state index in [-0.39, 0.29) is 18.3 Å². The van der Waals surface area contributed by atoms with Gasteiger partial charge in [0, 0.05) is 10.9 Å². The smallest absolute Gasteiger partial charge is 0.386 e. The highest BCUT2D eigenvalue weighted by molar-refractivity contribution is 7.08. The van der Waals surface area contributed by atoms with Crippen molar-refractivity contribution < 1.29 is 22.5 Å². The molecule has 0 saturated heterocycles. The molecule has 2 heterocycles. The zero-order valence-electron chi connectivity index (χ0n) is 12.5. The van der Waals surface area contributed by atoms with E-state index in [0.29, 0.717) is 11.5 Å². The van der Waals surface area contributed by atoms with E-state index in [9.17, 15) is 13.2 Å². The van der Waals surface area contributed by atoms with E-state index < -0.39 is 11.7 Å². The molecule has 0 saturated carbocycles. The molecule has 3 rings (SSSR count). The summed E-state index contributed by atoms with van der Waals surface area (Å²) in [7, 11) is 0. The first-order valence-corrected chi connectivity index (χ1v) is 7.86. The van der Waals surface area contributed by atoms with Crippen molar-refractivity contribution in [2.24, 2.45) is 10.9 Å². The van der Waals surface area contributed by atoms with Gasteiger partial charge in [0.15, 0.2) is 12.4 Å². The molecule has 0 aliphatic carbocycles. The highest BCUT2D eigenvalue weighted by atomic mass is 32.1. The number of hydrogen-bond donors (Lipinski definition) is 1. The molecule has 0 atom stereocenters. The van der Waals surface area contributed by atoms with Gasteiger partial charge in [0.1, 0.15) is 0 Å². The van der Waals surface area contributed by atoms with Gasteiger partial charge in [0.2, 0.25) is 5.82 Å². The van der Waals surface area contributed by atoms with Gasteiger partial charge in [-0.25, -0.2) is 0 Å². The van der Waals surface area contributed by atoms with Crippen molar-refractivity contribution in [3.05, 3.63) is 58.0 Å². The summed E-state index contributed by atoms with van der Waals surface area (Å²) in [5.74, 6) is 0.569.